The van der Waals surface area contributed by atoms with Crippen molar-refractivity contribution in [2.45, 2.75) is 32.5 Å². The number of nitrogens with zero attached hydrogens (tertiary/aromatic N) is 2. The zero-order valence-corrected chi connectivity index (χ0v) is 9.99. The summed E-state index contributed by atoms with van der Waals surface area (Å²) in [5.74, 6) is 0. The summed E-state index contributed by atoms with van der Waals surface area (Å²) in [7, 11) is 4.26. The summed E-state index contributed by atoms with van der Waals surface area (Å²) in [6.45, 7) is 8.90. The van der Waals surface area contributed by atoms with Gasteiger partial charge in [0.05, 0.1) is 12.2 Å². The van der Waals surface area contributed by atoms with Crippen LogP contribution in [-0.4, -0.2) is 62.3 Å². The Morgan fingerprint density at radius 1 is 1.21 bits per heavy atom. The second-order valence-electron chi connectivity index (χ2n) is 4.67. The maximum Gasteiger partial charge on any atom is 0.0678 e. The van der Waals surface area contributed by atoms with Crippen molar-refractivity contribution in [1.82, 2.24) is 9.80 Å². The number of hydrogen-bond donors (Lipinski definition) is 0. The third-order valence-electron chi connectivity index (χ3n) is 2.57. The van der Waals surface area contributed by atoms with Crippen LogP contribution < -0.4 is 0 Å². The highest BCUT2D eigenvalue weighted by atomic mass is 16.5. The van der Waals surface area contributed by atoms with Gasteiger partial charge in [0.2, 0.25) is 0 Å². The average Bonchev–Trinajstić information content (AvgIpc) is 2.01. The quantitative estimate of drug-likeness (QED) is 0.674. The predicted molar refractivity (Wildman–Crippen MR) is 59.6 cm³/mol. The zero-order valence-electron chi connectivity index (χ0n) is 9.99. The molecule has 0 saturated carbocycles. The van der Waals surface area contributed by atoms with E-state index >= 15 is 0 Å². The first-order valence-electron chi connectivity index (χ1n) is 5.60. The second-order valence-corrected chi connectivity index (χ2v) is 4.67. The van der Waals surface area contributed by atoms with Gasteiger partial charge < -0.3 is 9.64 Å². The van der Waals surface area contributed by atoms with E-state index in [2.05, 4.69) is 37.7 Å². The number of morpholine rings is 1. The van der Waals surface area contributed by atoms with Crippen molar-refractivity contribution in [2.75, 3.05) is 40.3 Å². The molecule has 3 heteroatoms. The van der Waals surface area contributed by atoms with Crippen LogP contribution in [-0.2, 0) is 4.74 Å². The second kappa shape index (κ2) is 5.69. The number of hydrogen-bond acceptors (Lipinski definition) is 3. The molecule has 0 aliphatic carbocycles. The van der Waals surface area contributed by atoms with E-state index in [0.29, 0.717) is 12.2 Å². The van der Waals surface area contributed by atoms with Crippen molar-refractivity contribution in [1.29, 1.82) is 0 Å². The van der Waals surface area contributed by atoms with Crippen LogP contribution in [0.2, 0.25) is 0 Å². The van der Waals surface area contributed by atoms with Gasteiger partial charge in [-0.1, -0.05) is 0 Å². The Kier molecular flexibility index (Phi) is 4.85. The molecule has 0 radical (unpaired) electrons. The molecule has 0 aromatic carbocycles. The van der Waals surface area contributed by atoms with Crippen LogP contribution in [0, 0.1) is 0 Å². The Morgan fingerprint density at radius 3 is 2.29 bits per heavy atom. The lowest BCUT2D eigenvalue weighted by Gasteiger charge is -2.35. The van der Waals surface area contributed by atoms with E-state index in [1.54, 1.807) is 0 Å². The van der Waals surface area contributed by atoms with E-state index in [1.807, 2.05) is 0 Å². The summed E-state index contributed by atoms with van der Waals surface area (Å²) < 4.78 is 5.69. The lowest BCUT2D eigenvalue weighted by molar-refractivity contribution is -0.0683. The van der Waals surface area contributed by atoms with Crippen molar-refractivity contribution >= 4 is 0 Å². The van der Waals surface area contributed by atoms with E-state index in [0.717, 1.165) is 13.1 Å². The molecular formula is C11H24N2O. The minimum atomic E-state index is 0.401. The first kappa shape index (κ1) is 12.0. The Labute approximate surface area is 88.0 Å². The fourth-order valence-corrected chi connectivity index (χ4v) is 2.08. The van der Waals surface area contributed by atoms with E-state index in [4.69, 9.17) is 4.74 Å². The molecule has 0 aromatic heterocycles. The molecule has 0 N–H and O–H groups in total. The fourth-order valence-electron chi connectivity index (χ4n) is 2.08. The van der Waals surface area contributed by atoms with Crippen molar-refractivity contribution in [3.05, 3.63) is 0 Å². The largest absolute Gasteiger partial charge is 0.373 e. The van der Waals surface area contributed by atoms with Crippen LogP contribution in [0.4, 0.5) is 0 Å². The zero-order chi connectivity index (χ0) is 10.6. The number of ether oxygens (including phenoxy) is 1. The Hall–Kier alpha value is -0.120. The topological polar surface area (TPSA) is 15.7 Å². The maximum absolute atomic E-state index is 5.69. The molecule has 1 rings (SSSR count). The highest BCUT2D eigenvalue weighted by molar-refractivity contribution is 4.72. The van der Waals surface area contributed by atoms with Crippen LogP contribution in [0.5, 0.6) is 0 Å². The summed E-state index contributed by atoms with van der Waals surface area (Å²) >= 11 is 0. The minimum absolute atomic E-state index is 0.401. The van der Waals surface area contributed by atoms with Gasteiger partial charge in [-0.25, -0.2) is 0 Å². The fraction of sp³-hybridized carbons (Fsp3) is 1.00. The molecule has 1 saturated heterocycles. The maximum atomic E-state index is 5.69. The molecule has 1 aliphatic heterocycles. The molecule has 14 heavy (non-hydrogen) atoms. The lowest BCUT2D eigenvalue weighted by atomic mass is 10.2. The van der Waals surface area contributed by atoms with E-state index in [-0.39, 0.29) is 0 Å². The minimum Gasteiger partial charge on any atom is -0.373 e. The van der Waals surface area contributed by atoms with E-state index in [9.17, 15) is 0 Å². The van der Waals surface area contributed by atoms with Crippen molar-refractivity contribution < 1.29 is 4.74 Å². The smallest absolute Gasteiger partial charge is 0.0678 e. The van der Waals surface area contributed by atoms with Crippen LogP contribution in [0.15, 0.2) is 0 Å². The Bertz CT molecular complexity index is 151. The highest BCUT2D eigenvalue weighted by Gasteiger charge is 2.21. The van der Waals surface area contributed by atoms with Gasteiger partial charge in [0, 0.05) is 13.1 Å². The van der Waals surface area contributed by atoms with Crippen LogP contribution in [0.25, 0.3) is 0 Å². The first-order valence-corrected chi connectivity index (χ1v) is 5.60. The first-order chi connectivity index (χ1) is 6.58. The molecule has 3 nitrogen and oxygen atoms in total. The SMILES string of the molecule is CC1CN(CCCN(C)C)CC(C)O1. The summed E-state index contributed by atoms with van der Waals surface area (Å²) in [4.78, 5) is 4.76. The number of rotatable bonds is 4. The Morgan fingerprint density at radius 2 is 1.79 bits per heavy atom. The molecule has 2 atom stereocenters. The van der Waals surface area contributed by atoms with E-state index in [1.165, 1.54) is 19.5 Å². The summed E-state index contributed by atoms with van der Waals surface area (Å²) in [5, 5.41) is 0. The standard InChI is InChI=1S/C11H24N2O/c1-10-8-13(9-11(2)14-10)7-5-6-12(3)4/h10-11H,5-9H2,1-4H3. The molecule has 0 amide bonds. The molecule has 1 aliphatic rings. The molecule has 1 fully saturated rings. The molecular weight excluding hydrogens is 176 g/mol. The van der Waals surface area contributed by atoms with Gasteiger partial charge in [0.1, 0.15) is 0 Å². The van der Waals surface area contributed by atoms with Gasteiger partial charge in [-0.05, 0) is 47.5 Å². The molecule has 0 spiro atoms. The van der Waals surface area contributed by atoms with Gasteiger partial charge in [-0.2, -0.15) is 0 Å². The van der Waals surface area contributed by atoms with Crippen molar-refractivity contribution in [3.63, 3.8) is 0 Å². The Balaban J connectivity index is 2.17. The van der Waals surface area contributed by atoms with Gasteiger partial charge >= 0.3 is 0 Å². The van der Waals surface area contributed by atoms with Crippen molar-refractivity contribution in [3.8, 4) is 0 Å². The third-order valence-corrected chi connectivity index (χ3v) is 2.57. The molecule has 0 bridgehead atoms. The lowest BCUT2D eigenvalue weighted by Crippen LogP contribution is -2.46. The van der Waals surface area contributed by atoms with Gasteiger partial charge in [0.15, 0.2) is 0 Å². The predicted octanol–water partition coefficient (Wildman–Crippen LogP) is 1.05. The van der Waals surface area contributed by atoms with Gasteiger partial charge in [-0.3, -0.25) is 4.90 Å². The molecule has 2 unspecified atom stereocenters. The normalized spacial score (nSPS) is 29.8. The molecule has 1 heterocycles. The van der Waals surface area contributed by atoms with Gasteiger partial charge in [-0.15, -0.1) is 0 Å². The van der Waals surface area contributed by atoms with Crippen LogP contribution in [0.1, 0.15) is 20.3 Å². The summed E-state index contributed by atoms with van der Waals surface area (Å²) in [5.41, 5.74) is 0. The van der Waals surface area contributed by atoms with Crippen LogP contribution in [0.3, 0.4) is 0 Å². The summed E-state index contributed by atoms with van der Waals surface area (Å²) in [6, 6.07) is 0. The monoisotopic (exact) mass is 200 g/mol. The van der Waals surface area contributed by atoms with Crippen molar-refractivity contribution in [2.24, 2.45) is 0 Å². The highest BCUT2D eigenvalue weighted by Crippen LogP contribution is 2.10. The third kappa shape index (κ3) is 4.40. The average molecular weight is 200 g/mol. The van der Waals surface area contributed by atoms with Crippen LogP contribution >= 0.6 is 0 Å². The molecule has 0 aromatic rings. The van der Waals surface area contributed by atoms with Gasteiger partial charge in [0.25, 0.3) is 0 Å². The molecule has 84 valence electrons. The summed E-state index contributed by atoms with van der Waals surface area (Å²) in [6.07, 6.45) is 2.06. The van der Waals surface area contributed by atoms with E-state index < -0.39 is 0 Å².